The summed E-state index contributed by atoms with van der Waals surface area (Å²) in [5.41, 5.74) is 1.88. The molecule has 1 aromatic heterocycles. The van der Waals surface area contributed by atoms with Crippen molar-refractivity contribution >= 4 is 17.5 Å². The smallest absolute Gasteiger partial charge is 0.167 e. The summed E-state index contributed by atoms with van der Waals surface area (Å²) in [6.45, 7) is 1.99. The summed E-state index contributed by atoms with van der Waals surface area (Å²) in [5, 5.41) is 1.47. The van der Waals surface area contributed by atoms with E-state index in [2.05, 4.69) is 16.7 Å². The molecule has 2 saturated heterocycles. The first kappa shape index (κ1) is 11.3. The Balaban J connectivity index is 1.78. The summed E-state index contributed by atoms with van der Waals surface area (Å²) in [5.74, 6) is 0.566. The van der Waals surface area contributed by atoms with E-state index in [1.807, 2.05) is 13.0 Å². The Bertz CT molecular complexity index is 434. The standard InChI is InChI=1S/C14H17NOS/c1-9-4-11(8-15-7-9)14(16)10-5-12-2-3-13(6-10)17-12/h4,7-8,10,12-13H,2-3,5-6H2,1H3. The van der Waals surface area contributed by atoms with Crippen LogP contribution < -0.4 is 0 Å². The highest BCUT2D eigenvalue weighted by Crippen LogP contribution is 2.46. The van der Waals surface area contributed by atoms with Gasteiger partial charge in [0.05, 0.1) is 0 Å². The second kappa shape index (κ2) is 4.45. The number of aryl methyl sites for hydroxylation is 1. The first-order valence-corrected chi connectivity index (χ1v) is 7.28. The van der Waals surface area contributed by atoms with Crippen molar-refractivity contribution in [3.8, 4) is 0 Å². The first-order valence-electron chi connectivity index (χ1n) is 6.33. The number of ketones is 1. The maximum atomic E-state index is 12.4. The van der Waals surface area contributed by atoms with Crippen molar-refractivity contribution in [1.82, 2.24) is 4.98 Å². The number of fused-ring (bicyclic) bond motifs is 2. The summed E-state index contributed by atoms with van der Waals surface area (Å²) in [6.07, 6.45) is 8.30. The third kappa shape index (κ3) is 2.25. The minimum Gasteiger partial charge on any atom is -0.294 e. The normalized spacial score (nSPS) is 31.5. The molecule has 2 nitrogen and oxygen atoms in total. The van der Waals surface area contributed by atoms with Gasteiger partial charge < -0.3 is 0 Å². The Morgan fingerprint density at radius 1 is 1.29 bits per heavy atom. The highest BCUT2D eigenvalue weighted by Gasteiger charge is 2.37. The van der Waals surface area contributed by atoms with E-state index in [9.17, 15) is 4.79 Å². The molecule has 3 heterocycles. The summed E-state index contributed by atoms with van der Waals surface area (Å²) in [4.78, 5) is 16.5. The van der Waals surface area contributed by atoms with Gasteiger partial charge in [0, 0.05) is 34.4 Å². The zero-order valence-corrected chi connectivity index (χ0v) is 10.9. The zero-order valence-electron chi connectivity index (χ0n) is 10.1. The number of carbonyl (C=O) groups excluding carboxylic acids is 1. The molecular weight excluding hydrogens is 230 g/mol. The second-order valence-corrected chi connectivity index (χ2v) is 6.85. The number of Topliss-reactive ketones (excluding diaryl/α,β-unsaturated/α-hetero) is 1. The van der Waals surface area contributed by atoms with E-state index >= 15 is 0 Å². The van der Waals surface area contributed by atoms with Crippen LogP contribution in [0.1, 0.15) is 41.6 Å². The van der Waals surface area contributed by atoms with Gasteiger partial charge in [-0.25, -0.2) is 0 Å². The van der Waals surface area contributed by atoms with Crippen molar-refractivity contribution in [2.24, 2.45) is 5.92 Å². The van der Waals surface area contributed by atoms with Crippen LogP contribution in [0, 0.1) is 12.8 Å². The van der Waals surface area contributed by atoms with Gasteiger partial charge in [-0.2, -0.15) is 11.8 Å². The largest absolute Gasteiger partial charge is 0.294 e. The average Bonchev–Trinajstić information content (AvgIpc) is 2.67. The van der Waals surface area contributed by atoms with E-state index in [0.717, 1.165) is 34.5 Å². The molecular formula is C14H17NOS. The van der Waals surface area contributed by atoms with Gasteiger partial charge in [-0.1, -0.05) is 0 Å². The van der Waals surface area contributed by atoms with E-state index in [1.165, 1.54) is 12.8 Å². The van der Waals surface area contributed by atoms with Crippen LogP contribution in [0.15, 0.2) is 18.5 Å². The topological polar surface area (TPSA) is 30.0 Å². The Kier molecular flexibility index (Phi) is 2.95. The molecule has 17 heavy (non-hydrogen) atoms. The molecule has 90 valence electrons. The number of carbonyl (C=O) groups is 1. The van der Waals surface area contributed by atoms with Gasteiger partial charge in [0.25, 0.3) is 0 Å². The number of hydrogen-bond donors (Lipinski definition) is 0. The average molecular weight is 247 g/mol. The molecule has 0 N–H and O–H groups in total. The first-order chi connectivity index (χ1) is 8.22. The summed E-state index contributed by atoms with van der Waals surface area (Å²) < 4.78 is 0. The van der Waals surface area contributed by atoms with Crippen molar-refractivity contribution in [2.75, 3.05) is 0 Å². The lowest BCUT2D eigenvalue weighted by atomic mass is 9.91. The van der Waals surface area contributed by atoms with Crippen molar-refractivity contribution in [3.05, 3.63) is 29.6 Å². The molecule has 2 fully saturated rings. The summed E-state index contributed by atoms with van der Waals surface area (Å²) in [7, 11) is 0. The molecule has 0 amide bonds. The van der Waals surface area contributed by atoms with E-state index < -0.39 is 0 Å². The highest BCUT2D eigenvalue weighted by atomic mass is 32.2. The number of hydrogen-bond acceptors (Lipinski definition) is 3. The fourth-order valence-corrected chi connectivity index (χ4v) is 4.77. The van der Waals surface area contributed by atoms with Gasteiger partial charge in [-0.15, -0.1) is 0 Å². The molecule has 0 aliphatic carbocycles. The fraction of sp³-hybridized carbons (Fsp3) is 0.571. The predicted octanol–water partition coefficient (Wildman–Crippen LogP) is 3.25. The molecule has 0 aromatic carbocycles. The third-order valence-corrected chi connectivity index (χ3v) is 5.45. The summed E-state index contributed by atoms with van der Waals surface area (Å²) >= 11 is 2.10. The number of thioether (sulfide) groups is 1. The Morgan fingerprint density at radius 2 is 2.00 bits per heavy atom. The Morgan fingerprint density at radius 3 is 2.65 bits per heavy atom. The summed E-state index contributed by atoms with van der Waals surface area (Å²) in [6, 6.07) is 1.97. The van der Waals surface area contributed by atoms with Crippen LogP contribution in [-0.4, -0.2) is 21.3 Å². The molecule has 2 aliphatic rings. The van der Waals surface area contributed by atoms with Crippen LogP contribution in [0.2, 0.25) is 0 Å². The van der Waals surface area contributed by atoms with Crippen molar-refractivity contribution < 1.29 is 4.79 Å². The second-order valence-electron chi connectivity index (χ2n) is 5.24. The van der Waals surface area contributed by atoms with E-state index in [-0.39, 0.29) is 5.92 Å². The molecule has 0 spiro atoms. The van der Waals surface area contributed by atoms with Gasteiger partial charge >= 0.3 is 0 Å². The minimum absolute atomic E-state index is 0.248. The number of nitrogens with zero attached hydrogens (tertiary/aromatic N) is 1. The fourth-order valence-electron chi connectivity index (χ4n) is 3.00. The monoisotopic (exact) mass is 247 g/mol. The third-order valence-electron chi connectivity index (χ3n) is 3.82. The SMILES string of the molecule is Cc1cncc(C(=O)C2CC3CCC(C2)S3)c1. The predicted molar refractivity (Wildman–Crippen MR) is 70.4 cm³/mol. The van der Waals surface area contributed by atoms with Gasteiger partial charge in [0.1, 0.15) is 0 Å². The van der Waals surface area contributed by atoms with Crippen LogP contribution in [0.4, 0.5) is 0 Å². The molecule has 2 aliphatic heterocycles. The minimum atomic E-state index is 0.248. The van der Waals surface area contributed by atoms with E-state index in [1.54, 1.807) is 12.4 Å². The lowest BCUT2D eigenvalue weighted by molar-refractivity contribution is 0.0906. The van der Waals surface area contributed by atoms with Gasteiger partial charge in [-0.3, -0.25) is 9.78 Å². The maximum Gasteiger partial charge on any atom is 0.167 e. The Hall–Kier alpha value is -0.830. The lowest BCUT2D eigenvalue weighted by Crippen LogP contribution is -2.24. The van der Waals surface area contributed by atoms with Crippen LogP contribution in [-0.2, 0) is 0 Å². The van der Waals surface area contributed by atoms with E-state index in [4.69, 9.17) is 0 Å². The van der Waals surface area contributed by atoms with Gasteiger partial charge in [0.15, 0.2) is 5.78 Å². The van der Waals surface area contributed by atoms with Crippen LogP contribution in [0.5, 0.6) is 0 Å². The molecule has 3 rings (SSSR count). The molecule has 3 heteroatoms. The molecule has 2 bridgehead atoms. The van der Waals surface area contributed by atoms with Crippen molar-refractivity contribution in [1.29, 1.82) is 0 Å². The Labute approximate surface area is 106 Å². The molecule has 1 aromatic rings. The molecule has 2 unspecified atom stereocenters. The molecule has 0 saturated carbocycles. The maximum absolute atomic E-state index is 12.4. The van der Waals surface area contributed by atoms with Crippen LogP contribution in [0.3, 0.4) is 0 Å². The van der Waals surface area contributed by atoms with Crippen molar-refractivity contribution in [3.63, 3.8) is 0 Å². The van der Waals surface area contributed by atoms with Crippen molar-refractivity contribution in [2.45, 2.75) is 43.1 Å². The highest BCUT2D eigenvalue weighted by molar-refractivity contribution is 8.00. The quantitative estimate of drug-likeness (QED) is 0.751. The van der Waals surface area contributed by atoms with Crippen LogP contribution >= 0.6 is 11.8 Å². The number of pyridine rings is 1. The van der Waals surface area contributed by atoms with Crippen LogP contribution in [0.25, 0.3) is 0 Å². The molecule has 2 atom stereocenters. The number of aromatic nitrogens is 1. The zero-order chi connectivity index (χ0) is 11.8. The van der Waals surface area contributed by atoms with Gasteiger partial charge in [0.2, 0.25) is 0 Å². The molecule has 0 radical (unpaired) electrons. The van der Waals surface area contributed by atoms with Gasteiger partial charge in [-0.05, 0) is 44.2 Å². The van der Waals surface area contributed by atoms with E-state index in [0.29, 0.717) is 5.78 Å². The lowest BCUT2D eigenvalue weighted by Gasteiger charge is -2.26. The number of rotatable bonds is 2.